The first-order chi connectivity index (χ1) is 8.29. The highest BCUT2D eigenvalue weighted by atomic mass is 16.5. The van der Waals surface area contributed by atoms with E-state index in [1.165, 1.54) is 32.1 Å². The molecule has 98 valence electrons. The van der Waals surface area contributed by atoms with E-state index in [0.29, 0.717) is 12.0 Å². The van der Waals surface area contributed by atoms with Gasteiger partial charge in [0, 0.05) is 30.7 Å². The van der Waals surface area contributed by atoms with Crippen molar-refractivity contribution in [2.24, 2.45) is 17.7 Å². The van der Waals surface area contributed by atoms with Gasteiger partial charge in [-0.3, -0.25) is 11.3 Å². The molecule has 3 heterocycles. The highest BCUT2D eigenvalue weighted by molar-refractivity contribution is 4.98. The summed E-state index contributed by atoms with van der Waals surface area (Å²) in [5.41, 5.74) is 3.10. The molecule has 0 aliphatic carbocycles. The van der Waals surface area contributed by atoms with Crippen molar-refractivity contribution >= 4 is 0 Å². The van der Waals surface area contributed by atoms with E-state index >= 15 is 0 Å². The van der Waals surface area contributed by atoms with Crippen molar-refractivity contribution in [1.82, 2.24) is 10.3 Å². The summed E-state index contributed by atoms with van der Waals surface area (Å²) in [5, 5.41) is 0. The summed E-state index contributed by atoms with van der Waals surface area (Å²) in [5.74, 6) is 7.19. The van der Waals surface area contributed by atoms with Gasteiger partial charge < -0.3 is 9.64 Å². The maximum Gasteiger partial charge on any atom is 0.0510 e. The first-order valence-corrected chi connectivity index (χ1v) is 7.05. The summed E-state index contributed by atoms with van der Waals surface area (Å²) in [4.78, 5) is 2.59. The Balaban J connectivity index is 1.67. The van der Waals surface area contributed by atoms with Crippen LogP contribution in [0.1, 0.15) is 32.1 Å². The van der Waals surface area contributed by atoms with E-state index < -0.39 is 0 Å². The second kappa shape index (κ2) is 4.84. The van der Waals surface area contributed by atoms with E-state index in [1.807, 2.05) is 0 Å². The molecule has 3 aliphatic rings. The Morgan fingerprint density at radius 1 is 1.18 bits per heavy atom. The number of nitrogens with zero attached hydrogens (tertiary/aromatic N) is 1. The summed E-state index contributed by atoms with van der Waals surface area (Å²) in [6.07, 6.45) is 6.58. The van der Waals surface area contributed by atoms with E-state index in [4.69, 9.17) is 10.6 Å². The second-order valence-corrected chi connectivity index (χ2v) is 6.10. The van der Waals surface area contributed by atoms with Gasteiger partial charge in [-0.05, 0) is 45.1 Å². The van der Waals surface area contributed by atoms with Crippen molar-refractivity contribution in [1.29, 1.82) is 0 Å². The number of hydrogen-bond acceptors (Lipinski definition) is 4. The van der Waals surface area contributed by atoms with Gasteiger partial charge in [-0.25, -0.2) is 0 Å². The zero-order chi connectivity index (χ0) is 11.8. The smallest absolute Gasteiger partial charge is 0.0510 e. The van der Waals surface area contributed by atoms with Crippen molar-refractivity contribution < 1.29 is 4.74 Å². The lowest BCUT2D eigenvalue weighted by atomic mass is 9.79. The molecule has 0 spiro atoms. The molecular formula is C13H25N3O. The van der Waals surface area contributed by atoms with Gasteiger partial charge in [-0.1, -0.05) is 0 Å². The molecule has 4 atom stereocenters. The Morgan fingerprint density at radius 3 is 2.41 bits per heavy atom. The van der Waals surface area contributed by atoms with E-state index in [9.17, 15) is 0 Å². The van der Waals surface area contributed by atoms with Crippen LogP contribution in [0.3, 0.4) is 0 Å². The lowest BCUT2D eigenvalue weighted by Crippen LogP contribution is -2.52. The molecule has 0 aromatic heterocycles. The zero-order valence-corrected chi connectivity index (χ0v) is 10.8. The van der Waals surface area contributed by atoms with E-state index in [-0.39, 0.29) is 0 Å². The Morgan fingerprint density at radius 2 is 1.88 bits per heavy atom. The fraction of sp³-hybridized carbons (Fsp3) is 1.00. The highest BCUT2D eigenvalue weighted by Crippen LogP contribution is 2.40. The minimum absolute atomic E-state index is 0.467. The largest absolute Gasteiger partial charge is 0.381 e. The van der Waals surface area contributed by atoms with Crippen LogP contribution in [0.25, 0.3) is 0 Å². The predicted molar refractivity (Wildman–Crippen MR) is 67.3 cm³/mol. The lowest BCUT2D eigenvalue weighted by molar-refractivity contribution is 0.0894. The van der Waals surface area contributed by atoms with Crippen LogP contribution in [0.5, 0.6) is 0 Å². The second-order valence-electron chi connectivity index (χ2n) is 6.10. The summed E-state index contributed by atoms with van der Waals surface area (Å²) >= 11 is 0. The number of nitrogens with one attached hydrogen (secondary N) is 1. The number of hydrazine groups is 1. The fourth-order valence-electron chi connectivity index (χ4n) is 4.24. The van der Waals surface area contributed by atoms with Crippen LogP contribution in [0.4, 0.5) is 0 Å². The maximum absolute atomic E-state index is 5.81. The number of rotatable bonds is 3. The minimum Gasteiger partial charge on any atom is -0.381 e. The molecule has 4 heteroatoms. The number of fused-ring (bicyclic) bond motifs is 2. The third-order valence-corrected chi connectivity index (χ3v) is 5.31. The topological polar surface area (TPSA) is 50.5 Å². The molecule has 4 nitrogen and oxygen atoms in total. The molecule has 3 aliphatic heterocycles. The number of nitrogens with two attached hydrogens (primary N) is 1. The molecule has 2 bridgehead atoms. The molecule has 3 fully saturated rings. The summed E-state index contributed by atoms with van der Waals surface area (Å²) in [7, 11) is 2.29. The average molecular weight is 239 g/mol. The molecule has 3 rings (SSSR count). The van der Waals surface area contributed by atoms with Crippen LogP contribution in [0, 0.1) is 11.8 Å². The molecule has 3 N–H and O–H groups in total. The Labute approximate surface area is 104 Å². The predicted octanol–water partition coefficient (Wildman–Crippen LogP) is 0.728. The zero-order valence-electron chi connectivity index (χ0n) is 10.8. The summed E-state index contributed by atoms with van der Waals surface area (Å²) in [6, 6.07) is 2.07. The molecule has 4 unspecified atom stereocenters. The molecule has 0 saturated carbocycles. The van der Waals surface area contributed by atoms with Crippen molar-refractivity contribution in [2.75, 3.05) is 20.3 Å². The summed E-state index contributed by atoms with van der Waals surface area (Å²) < 4.78 is 5.52. The monoisotopic (exact) mass is 239 g/mol. The van der Waals surface area contributed by atoms with Crippen LogP contribution in [0.15, 0.2) is 0 Å². The SMILES string of the molecule is CN1C2CCC1CC(C(NN)C1CCOC1)C2. The van der Waals surface area contributed by atoms with Gasteiger partial charge in [-0.2, -0.15) is 0 Å². The lowest BCUT2D eigenvalue weighted by Gasteiger charge is -2.41. The molecule has 0 aromatic rings. The fourth-order valence-corrected chi connectivity index (χ4v) is 4.24. The maximum atomic E-state index is 5.81. The van der Waals surface area contributed by atoms with Gasteiger partial charge in [0.2, 0.25) is 0 Å². The highest BCUT2D eigenvalue weighted by Gasteiger charge is 2.43. The molecule has 0 amide bonds. The van der Waals surface area contributed by atoms with E-state index in [2.05, 4.69) is 17.4 Å². The number of hydrogen-bond donors (Lipinski definition) is 2. The van der Waals surface area contributed by atoms with Crippen LogP contribution in [0.2, 0.25) is 0 Å². The van der Waals surface area contributed by atoms with E-state index in [0.717, 1.165) is 31.2 Å². The molecule has 17 heavy (non-hydrogen) atoms. The standard InChI is InChI=1S/C13H25N3O/c1-16-11-2-3-12(16)7-10(6-11)13(15-14)9-4-5-17-8-9/h9-13,15H,2-8,14H2,1H3. The normalized spacial score (nSPS) is 44.1. The van der Waals surface area contributed by atoms with Crippen LogP contribution in [-0.4, -0.2) is 43.3 Å². The van der Waals surface area contributed by atoms with Crippen molar-refractivity contribution in [2.45, 2.75) is 50.2 Å². The molecule has 3 saturated heterocycles. The average Bonchev–Trinajstić information content (AvgIpc) is 2.88. The third kappa shape index (κ3) is 2.12. The van der Waals surface area contributed by atoms with Crippen LogP contribution in [-0.2, 0) is 4.74 Å². The van der Waals surface area contributed by atoms with Crippen LogP contribution < -0.4 is 11.3 Å². The molecule has 0 radical (unpaired) electrons. The quantitative estimate of drug-likeness (QED) is 0.563. The first-order valence-electron chi connectivity index (χ1n) is 7.05. The summed E-state index contributed by atoms with van der Waals surface area (Å²) in [6.45, 7) is 1.82. The van der Waals surface area contributed by atoms with E-state index in [1.54, 1.807) is 0 Å². The molecular weight excluding hydrogens is 214 g/mol. The van der Waals surface area contributed by atoms with Crippen molar-refractivity contribution in [3.05, 3.63) is 0 Å². The minimum atomic E-state index is 0.467. The first kappa shape index (κ1) is 11.9. The third-order valence-electron chi connectivity index (χ3n) is 5.31. The Hall–Kier alpha value is -0.160. The van der Waals surface area contributed by atoms with Gasteiger partial charge in [-0.15, -0.1) is 0 Å². The van der Waals surface area contributed by atoms with Crippen LogP contribution >= 0.6 is 0 Å². The van der Waals surface area contributed by atoms with Gasteiger partial charge in [0.25, 0.3) is 0 Å². The van der Waals surface area contributed by atoms with Crippen molar-refractivity contribution in [3.8, 4) is 0 Å². The molecule has 0 aromatic carbocycles. The van der Waals surface area contributed by atoms with Crippen molar-refractivity contribution in [3.63, 3.8) is 0 Å². The van der Waals surface area contributed by atoms with Gasteiger partial charge >= 0.3 is 0 Å². The van der Waals surface area contributed by atoms with Gasteiger partial charge in [0.05, 0.1) is 6.61 Å². The number of piperidine rings is 1. The number of ether oxygens (including phenoxy) is 1. The van der Waals surface area contributed by atoms with Gasteiger partial charge in [0.15, 0.2) is 0 Å². The Bertz CT molecular complexity index is 253. The Kier molecular flexibility index (Phi) is 3.39. The van der Waals surface area contributed by atoms with Gasteiger partial charge in [0.1, 0.15) is 0 Å².